The van der Waals surface area contributed by atoms with Crippen molar-refractivity contribution in [3.63, 3.8) is 0 Å². The van der Waals surface area contributed by atoms with E-state index < -0.39 is 0 Å². The summed E-state index contributed by atoms with van der Waals surface area (Å²) in [6.07, 6.45) is 4.59. The number of hydrogen-bond donors (Lipinski definition) is 1. The van der Waals surface area contributed by atoms with Crippen molar-refractivity contribution in [3.8, 4) is 0 Å². The molecule has 3 rings (SSSR count). The van der Waals surface area contributed by atoms with E-state index in [2.05, 4.69) is 27.9 Å². The van der Waals surface area contributed by atoms with Gasteiger partial charge in [-0.3, -0.25) is 9.97 Å². The van der Waals surface area contributed by atoms with Crippen LogP contribution < -0.4 is 10.6 Å². The van der Waals surface area contributed by atoms with Gasteiger partial charge in [-0.1, -0.05) is 13.0 Å². The molecule has 1 aromatic heterocycles. The lowest BCUT2D eigenvalue weighted by molar-refractivity contribution is 0.402. The molecule has 1 aromatic carbocycles. The van der Waals surface area contributed by atoms with Gasteiger partial charge in [-0.15, -0.1) is 0 Å². The zero-order chi connectivity index (χ0) is 12.5. The summed E-state index contributed by atoms with van der Waals surface area (Å²) in [6.45, 7) is 4.20. The van der Waals surface area contributed by atoms with Crippen molar-refractivity contribution in [1.82, 2.24) is 9.97 Å². The van der Waals surface area contributed by atoms with Crippen molar-refractivity contribution in [2.45, 2.75) is 19.4 Å². The van der Waals surface area contributed by atoms with Crippen LogP contribution in [0.4, 0.5) is 5.69 Å². The number of rotatable bonds is 1. The van der Waals surface area contributed by atoms with Crippen molar-refractivity contribution >= 4 is 16.7 Å². The molecular formula is C14H18N4. The van der Waals surface area contributed by atoms with Gasteiger partial charge < -0.3 is 10.6 Å². The van der Waals surface area contributed by atoms with Crippen molar-refractivity contribution in [2.24, 2.45) is 11.7 Å². The van der Waals surface area contributed by atoms with Gasteiger partial charge in [0.25, 0.3) is 0 Å². The first-order chi connectivity index (χ1) is 8.74. The zero-order valence-electron chi connectivity index (χ0n) is 10.6. The standard InChI is InChI=1S/C14H18N4/c1-10-7-11(15)9-18(8-10)13-4-2-3-12-14(13)17-6-5-16-12/h2-6,10-11H,7-9,15H2,1H3/t10-,11+/m0/s1. The van der Waals surface area contributed by atoms with Crippen LogP contribution in [0.2, 0.25) is 0 Å². The van der Waals surface area contributed by atoms with Crippen LogP contribution in [0.25, 0.3) is 11.0 Å². The van der Waals surface area contributed by atoms with Crippen LogP contribution in [0.3, 0.4) is 0 Å². The predicted octanol–water partition coefficient (Wildman–Crippen LogP) is 1.80. The van der Waals surface area contributed by atoms with Crippen LogP contribution in [0.5, 0.6) is 0 Å². The molecule has 0 amide bonds. The van der Waals surface area contributed by atoms with Gasteiger partial charge in [0.15, 0.2) is 0 Å². The first kappa shape index (κ1) is 11.4. The second-order valence-corrected chi connectivity index (χ2v) is 5.21. The Morgan fingerprint density at radius 2 is 2.06 bits per heavy atom. The maximum absolute atomic E-state index is 6.12. The highest BCUT2D eigenvalue weighted by atomic mass is 15.2. The average molecular weight is 242 g/mol. The molecule has 1 aliphatic rings. The largest absolute Gasteiger partial charge is 0.368 e. The molecule has 1 aliphatic heterocycles. The Bertz CT molecular complexity index is 539. The van der Waals surface area contributed by atoms with Crippen molar-refractivity contribution in [1.29, 1.82) is 0 Å². The quantitative estimate of drug-likeness (QED) is 0.828. The predicted molar refractivity (Wildman–Crippen MR) is 73.5 cm³/mol. The number of anilines is 1. The Balaban J connectivity index is 2.03. The van der Waals surface area contributed by atoms with Gasteiger partial charge >= 0.3 is 0 Å². The number of aromatic nitrogens is 2. The minimum atomic E-state index is 0.251. The van der Waals surface area contributed by atoms with Gasteiger partial charge in [0.2, 0.25) is 0 Å². The highest BCUT2D eigenvalue weighted by Gasteiger charge is 2.23. The van der Waals surface area contributed by atoms with Crippen LogP contribution in [-0.4, -0.2) is 29.1 Å². The highest BCUT2D eigenvalue weighted by Crippen LogP contribution is 2.27. The van der Waals surface area contributed by atoms with E-state index >= 15 is 0 Å². The summed E-state index contributed by atoms with van der Waals surface area (Å²) in [7, 11) is 0. The zero-order valence-corrected chi connectivity index (χ0v) is 10.6. The average Bonchev–Trinajstić information content (AvgIpc) is 2.37. The molecule has 0 bridgehead atoms. The third-order valence-corrected chi connectivity index (χ3v) is 3.51. The molecular weight excluding hydrogens is 224 g/mol. The van der Waals surface area contributed by atoms with E-state index in [0.717, 1.165) is 36.2 Å². The maximum atomic E-state index is 6.12. The van der Waals surface area contributed by atoms with Crippen molar-refractivity contribution < 1.29 is 0 Å². The number of hydrogen-bond acceptors (Lipinski definition) is 4. The summed E-state index contributed by atoms with van der Waals surface area (Å²) in [5.74, 6) is 0.626. The third kappa shape index (κ3) is 2.04. The summed E-state index contributed by atoms with van der Waals surface area (Å²) in [6, 6.07) is 6.40. The van der Waals surface area contributed by atoms with E-state index in [9.17, 15) is 0 Å². The Kier molecular flexibility index (Phi) is 2.88. The molecule has 0 aliphatic carbocycles. The fraction of sp³-hybridized carbons (Fsp3) is 0.429. The van der Waals surface area contributed by atoms with E-state index in [-0.39, 0.29) is 6.04 Å². The SMILES string of the molecule is C[C@H]1C[C@@H](N)CN(c2cccc3nccnc23)C1. The van der Waals surface area contributed by atoms with E-state index in [4.69, 9.17) is 5.73 Å². The highest BCUT2D eigenvalue weighted by molar-refractivity contribution is 5.88. The van der Waals surface area contributed by atoms with E-state index in [1.165, 1.54) is 0 Å². The summed E-state index contributed by atoms with van der Waals surface area (Å²) in [4.78, 5) is 11.2. The molecule has 0 radical (unpaired) electrons. The van der Waals surface area contributed by atoms with E-state index in [0.29, 0.717) is 5.92 Å². The summed E-state index contributed by atoms with van der Waals surface area (Å²) >= 11 is 0. The molecule has 18 heavy (non-hydrogen) atoms. The minimum absolute atomic E-state index is 0.251. The van der Waals surface area contributed by atoms with Crippen LogP contribution in [0, 0.1) is 5.92 Å². The molecule has 1 saturated heterocycles. The second kappa shape index (κ2) is 4.53. The number of nitrogens with zero attached hydrogens (tertiary/aromatic N) is 3. The summed E-state index contributed by atoms with van der Waals surface area (Å²) in [5, 5.41) is 0. The number of nitrogens with two attached hydrogens (primary N) is 1. The molecule has 4 heteroatoms. The minimum Gasteiger partial charge on any atom is -0.368 e. The van der Waals surface area contributed by atoms with Gasteiger partial charge in [0, 0.05) is 31.5 Å². The summed E-state index contributed by atoms with van der Waals surface area (Å²) < 4.78 is 0. The molecule has 2 heterocycles. The Morgan fingerprint density at radius 3 is 2.89 bits per heavy atom. The Morgan fingerprint density at radius 1 is 1.22 bits per heavy atom. The number of fused-ring (bicyclic) bond motifs is 1. The molecule has 2 N–H and O–H groups in total. The fourth-order valence-corrected chi connectivity index (χ4v) is 2.83. The number of benzene rings is 1. The lowest BCUT2D eigenvalue weighted by atomic mass is 9.96. The third-order valence-electron chi connectivity index (χ3n) is 3.51. The molecule has 2 aromatic rings. The number of para-hydroxylation sites is 1. The lowest BCUT2D eigenvalue weighted by Crippen LogP contribution is -2.46. The van der Waals surface area contributed by atoms with Crippen molar-refractivity contribution in [3.05, 3.63) is 30.6 Å². The first-order valence-electron chi connectivity index (χ1n) is 6.44. The lowest BCUT2D eigenvalue weighted by Gasteiger charge is -2.36. The first-order valence-corrected chi connectivity index (χ1v) is 6.44. The molecule has 2 atom stereocenters. The molecule has 0 unspecified atom stereocenters. The normalized spacial score (nSPS) is 24.4. The molecule has 0 spiro atoms. The van der Waals surface area contributed by atoms with Crippen molar-refractivity contribution in [2.75, 3.05) is 18.0 Å². The smallest absolute Gasteiger partial charge is 0.112 e. The van der Waals surface area contributed by atoms with Gasteiger partial charge in [-0.05, 0) is 24.5 Å². The van der Waals surface area contributed by atoms with E-state index in [1.54, 1.807) is 12.4 Å². The van der Waals surface area contributed by atoms with Gasteiger partial charge in [0.1, 0.15) is 5.52 Å². The van der Waals surface area contributed by atoms with Gasteiger partial charge in [-0.2, -0.15) is 0 Å². The van der Waals surface area contributed by atoms with Gasteiger partial charge in [0.05, 0.1) is 11.2 Å². The molecule has 4 nitrogen and oxygen atoms in total. The monoisotopic (exact) mass is 242 g/mol. The number of piperidine rings is 1. The molecule has 0 saturated carbocycles. The maximum Gasteiger partial charge on any atom is 0.112 e. The summed E-state index contributed by atoms with van der Waals surface area (Å²) in [5.41, 5.74) is 9.19. The van der Waals surface area contributed by atoms with Crippen LogP contribution in [0.15, 0.2) is 30.6 Å². The second-order valence-electron chi connectivity index (χ2n) is 5.21. The fourth-order valence-electron chi connectivity index (χ4n) is 2.83. The van der Waals surface area contributed by atoms with E-state index in [1.807, 2.05) is 12.1 Å². The van der Waals surface area contributed by atoms with Crippen LogP contribution in [-0.2, 0) is 0 Å². The van der Waals surface area contributed by atoms with Gasteiger partial charge in [-0.25, -0.2) is 0 Å². The van der Waals surface area contributed by atoms with Crippen LogP contribution >= 0.6 is 0 Å². The molecule has 94 valence electrons. The Hall–Kier alpha value is -1.68. The topological polar surface area (TPSA) is 55.0 Å². The van der Waals surface area contributed by atoms with Crippen LogP contribution in [0.1, 0.15) is 13.3 Å². The molecule has 1 fully saturated rings. The Labute approximate surface area is 107 Å².